The van der Waals surface area contributed by atoms with Crippen molar-refractivity contribution in [1.29, 1.82) is 0 Å². The number of fused-ring (bicyclic) bond motifs is 1. The normalized spacial score (nSPS) is 13.5. The van der Waals surface area contributed by atoms with Crippen LogP contribution in [0, 0.1) is 5.82 Å². The largest absolute Gasteiger partial charge is 0.486 e. The number of hydrazine groups is 1. The molecule has 136 valence electrons. The third-order valence-corrected chi connectivity index (χ3v) is 3.60. The van der Waals surface area contributed by atoms with E-state index < -0.39 is 23.7 Å². The van der Waals surface area contributed by atoms with Crippen molar-refractivity contribution in [3.63, 3.8) is 0 Å². The number of hydrogen-bond donors (Lipinski definition) is 2. The molecule has 2 aromatic rings. The number of hydrogen-bond acceptors (Lipinski definition) is 5. The van der Waals surface area contributed by atoms with E-state index in [1.807, 2.05) is 0 Å². The Morgan fingerprint density at radius 1 is 1.04 bits per heavy atom. The minimum Gasteiger partial charge on any atom is -0.486 e. The highest BCUT2D eigenvalue weighted by molar-refractivity contribution is 5.96. The number of benzene rings is 2. The van der Waals surface area contributed by atoms with E-state index in [0.29, 0.717) is 36.0 Å². The van der Waals surface area contributed by atoms with E-state index in [2.05, 4.69) is 10.9 Å². The maximum absolute atomic E-state index is 12.9. The Labute approximate surface area is 149 Å². The Hall–Kier alpha value is -3.29. The number of ether oxygens (including phenoxy) is 3. The first-order valence-corrected chi connectivity index (χ1v) is 7.95. The molecule has 1 aliphatic heterocycles. The van der Waals surface area contributed by atoms with Gasteiger partial charge in [-0.15, -0.1) is 0 Å². The van der Waals surface area contributed by atoms with E-state index in [-0.39, 0.29) is 0 Å². The molecular weight excluding hydrogens is 343 g/mol. The molecule has 1 heterocycles. The molecule has 0 radical (unpaired) electrons. The van der Waals surface area contributed by atoms with Crippen LogP contribution in [0.25, 0.3) is 0 Å². The molecule has 7 nitrogen and oxygen atoms in total. The molecular formula is C18H17FN2O5. The van der Waals surface area contributed by atoms with Gasteiger partial charge in [0.25, 0.3) is 11.8 Å². The third-order valence-electron chi connectivity index (χ3n) is 3.60. The van der Waals surface area contributed by atoms with Crippen LogP contribution in [0.5, 0.6) is 17.2 Å². The maximum atomic E-state index is 12.9. The fourth-order valence-corrected chi connectivity index (χ4v) is 2.25. The first-order chi connectivity index (χ1) is 12.5. The SMILES string of the molecule is C[C@@H](Oc1ccc(F)cc1)C(=O)NNC(=O)c1ccc2c(c1)OCCO2. The van der Waals surface area contributed by atoms with Gasteiger partial charge in [-0.1, -0.05) is 0 Å². The van der Waals surface area contributed by atoms with E-state index in [1.165, 1.54) is 37.3 Å². The lowest BCUT2D eigenvalue weighted by molar-refractivity contribution is -0.128. The minimum atomic E-state index is -0.888. The summed E-state index contributed by atoms with van der Waals surface area (Å²) >= 11 is 0. The van der Waals surface area contributed by atoms with Gasteiger partial charge in [0, 0.05) is 5.56 Å². The van der Waals surface area contributed by atoms with Crippen molar-refractivity contribution in [2.75, 3.05) is 13.2 Å². The predicted octanol–water partition coefficient (Wildman–Crippen LogP) is 1.83. The average molecular weight is 360 g/mol. The zero-order valence-electron chi connectivity index (χ0n) is 14.0. The van der Waals surface area contributed by atoms with Crippen LogP contribution in [-0.4, -0.2) is 31.1 Å². The molecule has 0 aliphatic carbocycles. The molecule has 2 N–H and O–H groups in total. The molecule has 0 fully saturated rings. The quantitative estimate of drug-likeness (QED) is 0.813. The van der Waals surface area contributed by atoms with E-state index >= 15 is 0 Å². The topological polar surface area (TPSA) is 85.9 Å². The second-order valence-corrected chi connectivity index (χ2v) is 5.52. The van der Waals surface area contributed by atoms with E-state index in [4.69, 9.17) is 14.2 Å². The van der Waals surface area contributed by atoms with E-state index in [1.54, 1.807) is 12.1 Å². The zero-order valence-corrected chi connectivity index (χ0v) is 14.0. The first kappa shape index (κ1) is 17.5. The molecule has 0 unspecified atom stereocenters. The molecule has 26 heavy (non-hydrogen) atoms. The van der Waals surface area contributed by atoms with Crippen LogP contribution in [0.4, 0.5) is 4.39 Å². The van der Waals surface area contributed by atoms with Gasteiger partial charge in [0.2, 0.25) is 0 Å². The molecule has 0 bridgehead atoms. The summed E-state index contributed by atoms with van der Waals surface area (Å²) in [5, 5.41) is 0. The average Bonchev–Trinajstić information content (AvgIpc) is 2.67. The van der Waals surface area contributed by atoms with Crippen LogP contribution in [0.2, 0.25) is 0 Å². The third kappa shape index (κ3) is 4.21. The first-order valence-electron chi connectivity index (χ1n) is 7.95. The fourth-order valence-electron chi connectivity index (χ4n) is 2.25. The smallest absolute Gasteiger partial charge is 0.279 e. The Kier molecular flexibility index (Phi) is 5.21. The molecule has 0 spiro atoms. The summed E-state index contributed by atoms with van der Waals surface area (Å²) in [6.45, 7) is 2.38. The molecule has 3 rings (SSSR count). The van der Waals surface area contributed by atoms with Crippen molar-refractivity contribution >= 4 is 11.8 Å². The zero-order chi connectivity index (χ0) is 18.5. The standard InChI is InChI=1S/C18H17FN2O5/c1-11(26-14-5-3-13(19)4-6-14)17(22)20-21-18(23)12-2-7-15-16(10-12)25-9-8-24-15/h2-7,10-11H,8-9H2,1H3,(H,20,22)(H,21,23)/t11-/m1/s1. The van der Waals surface area contributed by atoms with Gasteiger partial charge in [0.05, 0.1) is 0 Å². The van der Waals surface area contributed by atoms with Gasteiger partial charge in [-0.2, -0.15) is 0 Å². The molecule has 8 heteroatoms. The maximum Gasteiger partial charge on any atom is 0.279 e. The lowest BCUT2D eigenvalue weighted by Crippen LogP contribution is -2.47. The van der Waals surface area contributed by atoms with E-state index in [0.717, 1.165) is 0 Å². The number of halogens is 1. The van der Waals surface area contributed by atoms with Crippen LogP contribution in [0.15, 0.2) is 42.5 Å². The highest BCUT2D eigenvalue weighted by Gasteiger charge is 2.18. The van der Waals surface area contributed by atoms with Crippen LogP contribution in [0.1, 0.15) is 17.3 Å². The van der Waals surface area contributed by atoms with Crippen LogP contribution < -0.4 is 25.1 Å². The molecule has 2 amide bonds. The number of carbonyl (C=O) groups is 2. The Bertz CT molecular complexity index is 810. The minimum absolute atomic E-state index is 0.307. The van der Waals surface area contributed by atoms with Crippen molar-refractivity contribution in [3.8, 4) is 17.2 Å². The lowest BCUT2D eigenvalue weighted by Gasteiger charge is -2.19. The fraction of sp³-hybridized carbons (Fsp3) is 0.222. The summed E-state index contributed by atoms with van der Waals surface area (Å²) in [4.78, 5) is 24.2. The number of nitrogens with one attached hydrogen (secondary N) is 2. The van der Waals surface area contributed by atoms with Gasteiger partial charge in [-0.05, 0) is 49.4 Å². The Balaban J connectivity index is 1.53. The highest BCUT2D eigenvalue weighted by atomic mass is 19.1. The van der Waals surface area contributed by atoms with Gasteiger partial charge >= 0.3 is 0 Å². The van der Waals surface area contributed by atoms with Gasteiger partial charge in [0.15, 0.2) is 17.6 Å². The monoisotopic (exact) mass is 360 g/mol. The van der Waals surface area contributed by atoms with Crippen LogP contribution in [0.3, 0.4) is 0 Å². The second-order valence-electron chi connectivity index (χ2n) is 5.52. The molecule has 1 aliphatic rings. The predicted molar refractivity (Wildman–Crippen MR) is 89.5 cm³/mol. The summed E-state index contributed by atoms with van der Waals surface area (Å²) in [7, 11) is 0. The number of carbonyl (C=O) groups excluding carboxylic acids is 2. The summed E-state index contributed by atoms with van der Waals surface area (Å²) in [6, 6.07) is 10.0. The highest BCUT2D eigenvalue weighted by Crippen LogP contribution is 2.30. The molecule has 0 aromatic heterocycles. The van der Waals surface area contributed by atoms with E-state index in [9.17, 15) is 14.0 Å². The summed E-state index contributed by atoms with van der Waals surface area (Å²) in [6.07, 6.45) is -0.888. The molecule has 0 saturated carbocycles. The molecule has 1 atom stereocenters. The van der Waals surface area contributed by atoms with Gasteiger partial charge in [0.1, 0.15) is 24.8 Å². The van der Waals surface area contributed by atoms with Crippen molar-refractivity contribution in [1.82, 2.24) is 10.9 Å². The van der Waals surface area contributed by atoms with Crippen LogP contribution in [-0.2, 0) is 4.79 Å². The van der Waals surface area contributed by atoms with Gasteiger partial charge in [-0.25, -0.2) is 4.39 Å². The summed E-state index contributed by atoms with van der Waals surface area (Å²) < 4.78 is 29.0. The Morgan fingerprint density at radius 2 is 1.73 bits per heavy atom. The number of rotatable bonds is 4. The second kappa shape index (κ2) is 7.73. The van der Waals surface area contributed by atoms with Crippen molar-refractivity contribution in [2.24, 2.45) is 0 Å². The van der Waals surface area contributed by atoms with Crippen molar-refractivity contribution in [3.05, 3.63) is 53.8 Å². The summed E-state index contributed by atoms with van der Waals surface area (Å²) in [5.74, 6) is -0.0840. The van der Waals surface area contributed by atoms with Gasteiger partial charge < -0.3 is 14.2 Å². The van der Waals surface area contributed by atoms with Gasteiger partial charge in [-0.3, -0.25) is 20.4 Å². The van der Waals surface area contributed by atoms with Crippen molar-refractivity contribution in [2.45, 2.75) is 13.0 Å². The number of amides is 2. The molecule has 2 aromatic carbocycles. The Morgan fingerprint density at radius 3 is 2.46 bits per heavy atom. The lowest BCUT2D eigenvalue weighted by atomic mass is 10.2. The summed E-state index contributed by atoms with van der Waals surface area (Å²) in [5.41, 5.74) is 4.90. The molecule has 0 saturated heterocycles. The van der Waals surface area contributed by atoms with Crippen LogP contribution >= 0.6 is 0 Å². The van der Waals surface area contributed by atoms with Crippen molar-refractivity contribution < 1.29 is 28.2 Å².